The van der Waals surface area contributed by atoms with Crippen LogP contribution in [-0.4, -0.2) is 19.8 Å². The van der Waals surface area contributed by atoms with E-state index in [0.29, 0.717) is 5.84 Å². The van der Waals surface area contributed by atoms with E-state index < -0.39 is 15.6 Å². The van der Waals surface area contributed by atoms with E-state index in [1.165, 1.54) is 0 Å². The highest BCUT2D eigenvalue weighted by atomic mass is 79.9. The molecule has 1 N–H and O–H groups in total. The third-order valence-corrected chi connectivity index (χ3v) is 4.73. The molecule has 4 nitrogen and oxygen atoms in total. The van der Waals surface area contributed by atoms with E-state index in [1.54, 1.807) is 24.3 Å². The molecule has 0 aliphatic rings. The molecule has 6 heteroatoms. The van der Waals surface area contributed by atoms with Gasteiger partial charge in [0.1, 0.15) is 5.84 Å². The van der Waals surface area contributed by atoms with Crippen molar-refractivity contribution in [2.45, 2.75) is 31.2 Å². The van der Waals surface area contributed by atoms with Crippen molar-refractivity contribution in [2.75, 3.05) is 0 Å². The topological polar surface area (TPSA) is 58.5 Å². The fraction of sp³-hybridized carbons (Fsp3) is 0.235. The highest BCUT2D eigenvalue weighted by Gasteiger charge is 2.19. The second-order valence-electron chi connectivity index (χ2n) is 6.06. The van der Waals surface area contributed by atoms with Crippen LogP contribution in [0.15, 0.2) is 69.0 Å². The first kappa shape index (κ1) is 17.7. The van der Waals surface area contributed by atoms with Gasteiger partial charge >= 0.3 is 0 Å². The molecule has 2 aromatic rings. The number of nitrogens with zero attached hydrogens (tertiary/aromatic N) is 1. The normalized spacial score (nSPS) is 13.0. The summed E-state index contributed by atoms with van der Waals surface area (Å²) < 4.78 is 28.6. The van der Waals surface area contributed by atoms with Crippen LogP contribution >= 0.6 is 15.9 Å². The Morgan fingerprint density at radius 3 is 2.09 bits per heavy atom. The average molecular weight is 395 g/mol. The van der Waals surface area contributed by atoms with Crippen LogP contribution in [0.25, 0.3) is 0 Å². The number of halogens is 1. The molecule has 0 saturated carbocycles. The van der Waals surface area contributed by atoms with Crippen LogP contribution in [0, 0.1) is 0 Å². The zero-order valence-electron chi connectivity index (χ0n) is 13.2. The summed E-state index contributed by atoms with van der Waals surface area (Å²) in [6, 6.07) is 15.7. The van der Waals surface area contributed by atoms with Crippen molar-refractivity contribution in [3.63, 3.8) is 0 Å². The molecule has 0 fully saturated rings. The number of sulfonamides is 1. The van der Waals surface area contributed by atoms with Crippen LogP contribution in [0.5, 0.6) is 0 Å². The monoisotopic (exact) mass is 394 g/mol. The number of hydrogen-bond donors (Lipinski definition) is 1. The zero-order valence-corrected chi connectivity index (χ0v) is 15.6. The van der Waals surface area contributed by atoms with Crippen LogP contribution in [0.1, 0.15) is 26.3 Å². The molecule has 0 bridgehead atoms. The van der Waals surface area contributed by atoms with Gasteiger partial charge in [0, 0.05) is 10.0 Å². The van der Waals surface area contributed by atoms with Crippen molar-refractivity contribution in [3.8, 4) is 0 Å². The van der Waals surface area contributed by atoms with Crippen molar-refractivity contribution in [1.82, 2.24) is 4.72 Å². The largest absolute Gasteiger partial charge is 0.263 e. The van der Waals surface area contributed by atoms with Crippen molar-refractivity contribution in [2.24, 2.45) is 4.99 Å². The van der Waals surface area contributed by atoms with E-state index in [1.807, 2.05) is 51.1 Å². The van der Waals surface area contributed by atoms with Gasteiger partial charge in [0.25, 0.3) is 10.0 Å². The van der Waals surface area contributed by atoms with E-state index in [4.69, 9.17) is 0 Å². The molecule has 0 atom stereocenters. The van der Waals surface area contributed by atoms with E-state index >= 15 is 0 Å². The summed E-state index contributed by atoms with van der Waals surface area (Å²) >= 11 is 3.30. The number of aliphatic imine (C=N–C) groups is 1. The Kier molecular flexibility index (Phi) is 5.26. The molecule has 2 aromatic carbocycles. The number of benzene rings is 2. The minimum atomic E-state index is -3.70. The summed E-state index contributed by atoms with van der Waals surface area (Å²) in [5.41, 5.74) is 0.316. The van der Waals surface area contributed by atoms with Gasteiger partial charge in [0.05, 0.1) is 10.4 Å². The van der Waals surface area contributed by atoms with Gasteiger partial charge in [-0.2, -0.15) is 0 Å². The maximum atomic E-state index is 12.6. The van der Waals surface area contributed by atoms with Gasteiger partial charge in [-0.25, -0.2) is 8.42 Å². The molecule has 0 amide bonds. The summed E-state index contributed by atoms with van der Waals surface area (Å²) in [5, 5.41) is 0. The van der Waals surface area contributed by atoms with E-state index in [0.717, 1.165) is 10.0 Å². The fourth-order valence-corrected chi connectivity index (χ4v) is 3.17. The van der Waals surface area contributed by atoms with Gasteiger partial charge in [-0.05, 0) is 45.0 Å². The van der Waals surface area contributed by atoms with Crippen molar-refractivity contribution in [1.29, 1.82) is 0 Å². The lowest BCUT2D eigenvalue weighted by atomic mass is 10.1. The smallest absolute Gasteiger partial charge is 0.263 e. The quantitative estimate of drug-likeness (QED) is 0.632. The molecular weight excluding hydrogens is 376 g/mol. The summed E-state index contributed by atoms with van der Waals surface area (Å²) in [6.07, 6.45) is 0. The lowest BCUT2D eigenvalue weighted by Crippen LogP contribution is -2.33. The molecule has 122 valence electrons. The molecule has 0 aliphatic carbocycles. The van der Waals surface area contributed by atoms with Crippen LogP contribution in [-0.2, 0) is 10.0 Å². The first-order valence-corrected chi connectivity index (χ1v) is 9.39. The second kappa shape index (κ2) is 6.84. The van der Waals surface area contributed by atoms with Gasteiger partial charge in [0.2, 0.25) is 0 Å². The molecule has 0 aromatic heterocycles. The number of hydrogen-bond acceptors (Lipinski definition) is 3. The van der Waals surface area contributed by atoms with Crippen molar-refractivity contribution >= 4 is 31.8 Å². The predicted molar refractivity (Wildman–Crippen MR) is 97.2 cm³/mol. The van der Waals surface area contributed by atoms with Crippen LogP contribution in [0.3, 0.4) is 0 Å². The minimum absolute atomic E-state index is 0.193. The Balaban J connectivity index is 2.42. The molecule has 0 unspecified atom stereocenters. The second-order valence-corrected chi connectivity index (χ2v) is 8.65. The zero-order chi connectivity index (χ0) is 17.1. The van der Waals surface area contributed by atoms with Crippen molar-refractivity contribution < 1.29 is 8.42 Å². The average Bonchev–Trinajstić information content (AvgIpc) is 2.46. The van der Waals surface area contributed by atoms with E-state index in [2.05, 4.69) is 25.6 Å². The SMILES string of the molecule is CC(C)(C)N=C(NS(=O)(=O)c1ccc(Br)cc1)c1ccccc1. The number of rotatable bonds is 3. The summed E-state index contributed by atoms with van der Waals surface area (Å²) in [5.74, 6) is 0.334. The maximum absolute atomic E-state index is 12.6. The Bertz CT molecular complexity index is 793. The third-order valence-electron chi connectivity index (χ3n) is 2.85. The molecule has 0 aliphatic heterocycles. The summed E-state index contributed by atoms with van der Waals surface area (Å²) in [6.45, 7) is 5.76. The van der Waals surface area contributed by atoms with E-state index in [9.17, 15) is 8.42 Å². The van der Waals surface area contributed by atoms with Gasteiger partial charge in [-0.3, -0.25) is 9.71 Å². The van der Waals surface area contributed by atoms with E-state index in [-0.39, 0.29) is 4.90 Å². The molecule has 0 spiro atoms. The highest BCUT2D eigenvalue weighted by molar-refractivity contribution is 9.10. The number of nitrogens with one attached hydrogen (secondary N) is 1. The Morgan fingerprint density at radius 2 is 1.57 bits per heavy atom. The molecule has 0 radical (unpaired) electrons. The lowest BCUT2D eigenvalue weighted by molar-refractivity contribution is 0.578. The summed E-state index contributed by atoms with van der Waals surface area (Å²) in [7, 11) is -3.70. The molecule has 0 saturated heterocycles. The first-order valence-electron chi connectivity index (χ1n) is 7.11. The maximum Gasteiger partial charge on any atom is 0.263 e. The Morgan fingerprint density at radius 1 is 1.00 bits per heavy atom. The summed E-state index contributed by atoms with van der Waals surface area (Å²) in [4.78, 5) is 4.72. The molecular formula is C17H19BrN2O2S. The Labute approximate surface area is 145 Å². The minimum Gasteiger partial charge on any atom is -0.263 e. The lowest BCUT2D eigenvalue weighted by Gasteiger charge is -2.18. The standard InChI is InChI=1S/C17H19BrN2O2S/c1-17(2,3)19-16(13-7-5-4-6-8-13)20-23(21,22)15-11-9-14(18)10-12-15/h4-12H,1-3H3,(H,19,20). The van der Waals surface area contributed by atoms with Crippen LogP contribution in [0.4, 0.5) is 0 Å². The van der Waals surface area contributed by atoms with Crippen LogP contribution < -0.4 is 4.72 Å². The third kappa shape index (κ3) is 5.18. The highest BCUT2D eigenvalue weighted by Crippen LogP contribution is 2.16. The van der Waals surface area contributed by atoms with Crippen molar-refractivity contribution in [3.05, 3.63) is 64.6 Å². The fourth-order valence-electron chi connectivity index (χ4n) is 1.88. The molecule has 0 heterocycles. The first-order chi connectivity index (χ1) is 10.7. The predicted octanol–water partition coefficient (Wildman–Crippen LogP) is 3.97. The van der Waals surface area contributed by atoms with Gasteiger partial charge in [0.15, 0.2) is 0 Å². The number of amidine groups is 1. The Hall–Kier alpha value is -1.66. The molecule has 23 heavy (non-hydrogen) atoms. The van der Waals surface area contributed by atoms with Gasteiger partial charge < -0.3 is 0 Å². The molecule has 2 rings (SSSR count). The van der Waals surface area contributed by atoms with Gasteiger partial charge in [-0.15, -0.1) is 0 Å². The van der Waals surface area contributed by atoms with Crippen LogP contribution in [0.2, 0.25) is 0 Å². The van der Waals surface area contributed by atoms with Gasteiger partial charge in [-0.1, -0.05) is 46.3 Å².